The number of nitrogens with zero attached hydrogens (tertiary/aromatic N) is 2. The van der Waals surface area contributed by atoms with Crippen molar-refractivity contribution in [2.45, 2.75) is 42.7 Å². The number of halogens is 1. The Morgan fingerprint density at radius 1 is 0.914 bits per heavy atom. The zero-order valence-electron chi connectivity index (χ0n) is 19.5. The summed E-state index contributed by atoms with van der Waals surface area (Å²) < 4.78 is 67.7. The number of hydrogen-bond acceptors (Lipinski definition) is 5. The molecule has 190 valence electrons. The molecular formula is C24H30FN3O5S2. The van der Waals surface area contributed by atoms with Crippen LogP contribution < -0.4 is 4.72 Å². The highest BCUT2D eigenvalue weighted by Gasteiger charge is 2.41. The van der Waals surface area contributed by atoms with Crippen LogP contribution >= 0.6 is 0 Å². The predicted molar refractivity (Wildman–Crippen MR) is 130 cm³/mol. The largest absolute Gasteiger partial charge is 0.342 e. The molecule has 0 saturated carbocycles. The summed E-state index contributed by atoms with van der Waals surface area (Å²) in [5, 5.41) is 0. The average molecular weight is 524 g/mol. The van der Waals surface area contributed by atoms with E-state index in [1.807, 2.05) is 30.3 Å². The van der Waals surface area contributed by atoms with Gasteiger partial charge in [0.15, 0.2) is 0 Å². The minimum atomic E-state index is -3.98. The van der Waals surface area contributed by atoms with E-state index in [2.05, 4.69) is 4.72 Å². The van der Waals surface area contributed by atoms with E-state index in [0.717, 1.165) is 24.0 Å². The third-order valence-corrected chi connectivity index (χ3v) is 9.33. The van der Waals surface area contributed by atoms with E-state index in [4.69, 9.17) is 0 Å². The number of likely N-dealkylation sites (tertiary alicyclic amines) is 1. The molecule has 4 rings (SSSR count). The zero-order chi connectivity index (χ0) is 25.2. The number of amides is 1. The molecule has 8 nitrogen and oxygen atoms in total. The van der Waals surface area contributed by atoms with Crippen molar-refractivity contribution >= 4 is 26.0 Å². The predicted octanol–water partition coefficient (Wildman–Crippen LogP) is 2.51. The van der Waals surface area contributed by atoms with Gasteiger partial charge < -0.3 is 4.90 Å². The first-order valence-corrected chi connectivity index (χ1v) is 15.0. The van der Waals surface area contributed by atoms with Crippen molar-refractivity contribution in [1.82, 2.24) is 13.9 Å². The molecule has 2 fully saturated rings. The molecule has 1 amide bonds. The zero-order valence-corrected chi connectivity index (χ0v) is 21.1. The molecule has 35 heavy (non-hydrogen) atoms. The number of carbonyl (C=O) groups is 1. The maximum absolute atomic E-state index is 13.6. The Hall–Kier alpha value is -2.34. The molecule has 2 unspecified atom stereocenters. The first-order chi connectivity index (χ1) is 16.5. The van der Waals surface area contributed by atoms with Gasteiger partial charge >= 0.3 is 0 Å². The van der Waals surface area contributed by atoms with E-state index in [0.29, 0.717) is 38.8 Å². The van der Waals surface area contributed by atoms with E-state index in [1.165, 1.54) is 16.4 Å². The van der Waals surface area contributed by atoms with E-state index in [9.17, 15) is 26.0 Å². The summed E-state index contributed by atoms with van der Waals surface area (Å²) in [6, 6.07) is 13.4. The summed E-state index contributed by atoms with van der Waals surface area (Å²) in [6.45, 7) is 0.852. The Labute approximate surface area is 206 Å². The lowest BCUT2D eigenvalue weighted by Gasteiger charge is -2.41. The van der Waals surface area contributed by atoms with E-state index in [1.54, 1.807) is 4.90 Å². The molecule has 0 spiro atoms. The van der Waals surface area contributed by atoms with E-state index < -0.39 is 37.8 Å². The molecule has 2 saturated heterocycles. The Kier molecular flexibility index (Phi) is 7.60. The van der Waals surface area contributed by atoms with Gasteiger partial charge in [-0.3, -0.25) is 4.79 Å². The molecule has 2 aliphatic heterocycles. The monoisotopic (exact) mass is 523 g/mol. The number of rotatable bonds is 6. The normalized spacial score (nSPS) is 22.7. The third kappa shape index (κ3) is 6.08. The van der Waals surface area contributed by atoms with Crippen molar-refractivity contribution in [2.24, 2.45) is 5.92 Å². The van der Waals surface area contributed by atoms with Crippen molar-refractivity contribution in [2.75, 3.05) is 25.9 Å². The molecule has 0 aromatic heterocycles. The molecule has 11 heteroatoms. The van der Waals surface area contributed by atoms with Crippen LogP contribution in [0.2, 0.25) is 0 Å². The standard InChI is InChI=1S/C24H30FN3O5S2/c1-34(30,31)26-21-13-15-27(16-14-21)24(29)19-7-12-23(18-5-3-2-4-6-18)28(17-19)35(32,33)22-10-8-20(25)9-11-22/h2-6,8-11,19,21,23,26H,7,12-17H2,1H3. The van der Waals surface area contributed by atoms with Gasteiger partial charge in [0.05, 0.1) is 23.1 Å². The second-order valence-electron chi connectivity index (χ2n) is 9.22. The van der Waals surface area contributed by atoms with Crippen molar-refractivity contribution in [3.63, 3.8) is 0 Å². The van der Waals surface area contributed by atoms with Crippen molar-refractivity contribution in [3.05, 3.63) is 66.0 Å². The van der Waals surface area contributed by atoms with Gasteiger partial charge in [-0.15, -0.1) is 0 Å². The van der Waals surface area contributed by atoms with Crippen LogP contribution in [0.3, 0.4) is 0 Å². The second kappa shape index (κ2) is 10.3. The quantitative estimate of drug-likeness (QED) is 0.627. The van der Waals surface area contributed by atoms with Crippen molar-refractivity contribution < 1.29 is 26.0 Å². The first kappa shape index (κ1) is 25.7. The van der Waals surface area contributed by atoms with Gasteiger partial charge in [-0.2, -0.15) is 4.31 Å². The minimum Gasteiger partial charge on any atom is -0.342 e. The SMILES string of the molecule is CS(=O)(=O)NC1CCN(C(=O)C2CCC(c3ccccc3)N(S(=O)(=O)c3ccc(F)cc3)C2)CC1. The van der Waals surface area contributed by atoms with Crippen molar-refractivity contribution in [3.8, 4) is 0 Å². The smallest absolute Gasteiger partial charge is 0.243 e. The van der Waals surface area contributed by atoms with Crippen molar-refractivity contribution in [1.29, 1.82) is 0 Å². The lowest BCUT2D eigenvalue weighted by atomic mass is 9.89. The topological polar surface area (TPSA) is 104 Å². The van der Waals surface area contributed by atoms with Crippen LogP contribution in [0.5, 0.6) is 0 Å². The highest BCUT2D eigenvalue weighted by atomic mass is 32.2. The van der Waals surface area contributed by atoms with Gasteiger partial charge in [0.1, 0.15) is 5.82 Å². The molecule has 2 aromatic rings. The van der Waals surface area contributed by atoms with E-state index >= 15 is 0 Å². The highest BCUT2D eigenvalue weighted by molar-refractivity contribution is 7.89. The summed E-state index contributed by atoms with van der Waals surface area (Å²) in [5.74, 6) is -1.15. The molecule has 1 N–H and O–H groups in total. The molecule has 0 bridgehead atoms. The van der Waals surface area contributed by atoms with Crippen LogP contribution in [0, 0.1) is 11.7 Å². The van der Waals surface area contributed by atoms with Gasteiger partial charge in [0.25, 0.3) is 0 Å². The van der Waals surface area contributed by atoms with Crippen LogP contribution in [-0.4, -0.2) is 63.9 Å². The summed E-state index contributed by atoms with van der Waals surface area (Å²) in [6.07, 6.45) is 3.15. The Morgan fingerprint density at radius 3 is 2.14 bits per heavy atom. The van der Waals surface area contributed by atoms with E-state index in [-0.39, 0.29) is 23.4 Å². The fourth-order valence-electron chi connectivity index (χ4n) is 4.93. The van der Waals surface area contributed by atoms with Gasteiger partial charge in [0, 0.05) is 25.7 Å². The number of carbonyl (C=O) groups excluding carboxylic acids is 1. The van der Waals surface area contributed by atoms with Crippen LogP contribution in [-0.2, 0) is 24.8 Å². The number of benzene rings is 2. The molecule has 2 aromatic carbocycles. The van der Waals surface area contributed by atoms with Gasteiger partial charge in [0.2, 0.25) is 26.0 Å². The third-order valence-electron chi connectivity index (χ3n) is 6.68. The Morgan fingerprint density at radius 2 is 1.54 bits per heavy atom. The lowest BCUT2D eigenvalue weighted by Crippen LogP contribution is -2.51. The van der Waals surface area contributed by atoms with Crippen LogP contribution in [0.1, 0.15) is 37.3 Å². The Bertz CT molecular complexity index is 1250. The van der Waals surface area contributed by atoms with Gasteiger partial charge in [-0.05, 0) is 55.5 Å². The average Bonchev–Trinajstić information content (AvgIpc) is 2.83. The number of nitrogens with one attached hydrogen (secondary N) is 1. The number of hydrogen-bond donors (Lipinski definition) is 1. The first-order valence-electron chi connectivity index (χ1n) is 11.6. The number of sulfonamides is 2. The molecule has 0 aliphatic carbocycles. The minimum absolute atomic E-state index is 0.0133. The molecule has 0 radical (unpaired) electrons. The fourth-order valence-corrected chi connectivity index (χ4v) is 7.47. The van der Waals surface area contributed by atoms with Gasteiger partial charge in [-0.25, -0.2) is 25.9 Å². The molecule has 2 aliphatic rings. The highest BCUT2D eigenvalue weighted by Crippen LogP contribution is 2.38. The van der Waals surface area contributed by atoms with Crippen LogP contribution in [0.15, 0.2) is 59.5 Å². The summed E-state index contributed by atoms with van der Waals surface area (Å²) in [7, 11) is -7.30. The maximum atomic E-state index is 13.6. The fraction of sp³-hybridized carbons (Fsp3) is 0.458. The Balaban J connectivity index is 1.54. The number of piperidine rings is 2. The van der Waals surface area contributed by atoms with Crippen LogP contribution in [0.25, 0.3) is 0 Å². The molecular weight excluding hydrogens is 493 g/mol. The summed E-state index contributed by atoms with van der Waals surface area (Å²) >= 11 is 0. The summed E-state index contributed by atoms with van der Waals surface area (Å²) in [4.78, 5) is 15.0. The summed E-state index contributed by atoms with van der Waals surface area (Å²) in [5.41, 5.74) is 0.844. The lowest BCUT2D eigenvalue weighted by molar-refractivity contribution is -0.138. The molecule has 2 atom stereocenters. The second-order valence-corrected chi connectivity index (χ2v) is 12.9. The van der Waals surface area contributed by atoms with Crippen LogP contribution in [0.4, 0.5) is 4.39 Å². The van der Waals surface area contributed by atoms with Gasteiger partial charge in [-0.1, -0.05) is 30.3 Å². The molecule has 2 heterocycles. The maximum Gasteiger partial charge on any atom is 0.243 e.